The van der Waals surface area contributed by atoms with E-state index >= 15 is 0 Å². The lowest BCUT2D eigenvalue weighted by molar-refractivity contribution is 0.0475. The molecule has 0 bridgehead atoms. The van der Waals surface area contributed by atoms with Crippen LogP contribution < -0.4 is 5.32 Å². The van der Waals surface area contributed by atoms with Gasteiger partial charge in [0.05, 0.1) is 23.8 Å². The molecule has 1 saturated heterocycles. The number of rotatable bonds is 5. The van der Waals surface area contributed by atoms with Gasteiger partial charge in [-0.1, -0.05) is 0 Å². The zero-order valence-electron chi connectivity index (χ0n) is 17.0. The van der Waals surface area contributed by atoms with Crippen LogP contribution >= 0.6 is 0 Å². The lowest BCUT2D eigenvalue weighted by atomic mass is 10.1. The van der Waals surface area contributed by atoms with Gasteiger partial charge in [0.2, 0.25) is 0 Å². The number of ether oxygens (including phenoxy) is 1. The Bertz CT molecular complexity index is 1220. The second kappa shape index (κ2) is 8.01. The molecule has 2 aliphatic heterocycles. The van der Waals surface area contributed by atoms with Crippen LogP contribution in [0, 0.1) is 5.82 Å². The summed E-state index contributed by atoms with van der Waals surface area (Å²) in [6.07, 6.45) is 4.71. The number of carbonyl (C=O) groups excluding carboxylic acids is 3. The van der Waals surface area contributed by atoms with Crippen molar-refractivity contribution in [3.8, 4) is 5.69 Å². The summed E-state index contributed by atoms with van der Waals surface area (Å²) in [5.74, 6) is -1.89. The predicted molar refractivity (Wildman–Crippen MR) is 112 cm³/mol. The number of nitrogens with zero attached hydrogens (tertiary/aromatic N) is 3. The molecule has 1 atom stereocenters. The van der Waals surface area contributed by atoms with Gasteiger partial charge >= 0.3 is 0 Å². The molecule has 1 fully saturated rings. The van der Waals surface area contributed by atoms with Crippen molar-refractivity contribution in [2.24, 2.45) is 0 Å². The second-order valence-electron chi connectivity index (χ2n) is 7.69. The monoisotopic (exact) mass is 434 g/mol. The second-order valence-corrected chi connectivity index (χ2v) is 7.69. The van der Waals surface area contributed by atoms with Crippen LogP contribution in [0.3, 0.4) is 0 Å². The Kier molecular flexibility index (Phi) is 5.02. The van der Waals surface area contributed by atoms with Crippen molar-refractivity contribution in [2.45, 2.75) is 18.9 Å². The van der Waals surface area contributed by atoms with E-state index < -0.39 is 17.6 Å². The maximum Gasteiger partial charge on any atom is 0.261 e. The fourth-order valence-electron chi connectivity index (χ4n) is 3.97. The molecule has 1 aromatic heterocycles. The Hall–Kier alpha value is -3.85. The molecular weight excluding hydrogens is 415 g/mol. The molecule has 0 radical (unpaired) electrons. The highest BCUT2D eigenvalue weighted by Crippen LogP contribution is 2.26. The Morgan fingerprint density at radius 1 is 1.16 bits per heavy atom. The first-order chi connectivity index (χ1) is 15.5. The minimum atomic E-state index is -0.550. The van der Waals surface area contributed by atoms with Crippen molar-refractivity contribution >= 4 is 23.4 Å². The van der Waals surface area contributed by atoms with E-state index in [1.807, 2.05) is 0 Å². The first kappa shape index (κ1) is 20.1. The minimum absolute atomic E-state index is 0.153. The summed E-state index contributed by atoms with van der Waals surface area (Å²) < 4.78 is 21.4. The van der Waals surface area contributed by atoms with E-state index in [0.29, 0.717) is 6.61 Å². The highest BCUT2D eigenvalue weighted by molar-refractivity contribution is 6.22. The third-order valence-corrected chi connectivity index (χ3v) is 5.60. The van der Waals surface area contributed by atoms with E-state index in [4.69, 9.17) is 4.74 Å². The molecule has 0 saturated carbocycles. The first-order valence-electron chi connectivity index (χ1n) is 10.2. The Morgan fingerprint density at radius 2 is 2.00 bits per heavy atom. The van der Waals surface area contributed by atoms with Crippen LogP contribution in [0.1, 0.15) is 43.9 Å². The molecule has 9 heteroatoms. The van der Waals surface area contributed by atoms with Gasteiger partial charge in [-0.2, -0.15) is 5.10 Å². The van der Waals surface area contributed by atoms with Crippen LogP contribution in [0.15, 0.2) is 54.9 Å². The van der Waals surface area contributed by atoms with Crippen molar-refractivity contribution in [3.05, 3.63) is 77.4 Å². The number of aromatic nitrogens is 2. The number of halogens is 1. The summed E-state index contributed by atoms with van der Waals surface area (Å²) >= 11 is 0. The molecule has 32 heavy (non-hydrogen) atoms. The van der Waals surface area contributed by atoms with E-state index in [1.165, 1.54) is 46.1 Å². The molecule has 162 valence electrons. The number of nitrogens with one attached hydrogen (secondary N) is 1. The van der Waals surface area contributed by atoms with E-state index in [9.17, 15) is 18.8 Å². The largest absolute Gasteiger partial charge is 0.376 e. The van der Waals surface area contributed by atoms with Crippen molar-refractivity contribution < 1.29 is 23.5 Å². The van der Waals surface area contributed by atoms with E-state index in [2.05, 4.69) is 10.4 Å². The topological polar surface area (TPSA) is 93.5 Å². The minimum Gasteiger partial charge on any atom is -0.376 e. The standard InChI is InChI=1S/C23H19FN4O4/c24-19-12-15(5-7-20(19)28-9-2-8-25-28)26-21(29)14-4-6-17-18(11-14)23(31)27(22(17)30)13-16-3-1-10-32-16/h2,4-9,11-12,16H,1,3,10,13H2,(H,26,29). The highest BCUT2D eigenvalue weighted by atomic mass is 19.1. The van der Waals surface area contributed by atoms with Crippen molar-refractivity contribution in [2.75, 3.05) is 18.5 Å². The van der Waals surface area contributed by atoms with Crippen LogP contribution in [-0.2, 0) is 4.74 Å². The molecule has 2 aromatic carbocycles. The van der Waals surface area contributed by atoms with Crippen LogP contribution in [0.5, 0.6) is 0 Å². The number of imide groups is 1. The molecule has 3 heterocycles. The van der Waals surface area contributed by atoms with Crippen molar-refractivity contribution in [3.63, 3.8) is 0 Å². The van der Waals surface area contributed by atoms with Gasteiger partial charge < -0.3 is 10.1 Å². The number of carbonyl (C=O) groups is 3. The summed E-state index contributed by atoms with van der Waals surface area (Å²) in [7, 11) is 0. The van der Waals surface area contributed by atoms with Gasteiger partial charge in [-0.3, -0.25) is 19.3 Å². The first-order valence-corrected chi connectivity index (χ1v) is 10.2. The Balaban J connectivity index is 1.33. The summed E-state index contributed by atoms with van der Waals surface area (Å²) in [6, 6.07) is 10.3. The molecule has 0 aliphatic carbocycles. The van der Waals surface area contributed by atoms with Crippen LogP contribution in [0.2, 0.25) is 0 Å². The van der Waals surface area contributed by atoms with E-state index in [-0.39, 0.29) is 46.6 Å². The Labute approximate surface area is 182 Å². The summed E-state index contributed by atoms with van der Waals surface area (Å²) in [4.78, 5) is 39.3. The maximum atomic E-state index is 14.4. The summed E-state index contributed by atoms with van der Waals surface area (Å²) in [5.41, 5.74) is 1.15. The number of amides is 3. The summed E-state index contributed by atoms with van der Waals surface area (Å²) in [5, 5.41) is 6.61. The molecule has 1 unspecified atom stereocenters. The molecule has 8 nitrogen and oxygen atoms in total. The molecule has 3 aromatic rings. The fourth-order valence-corrected chi connectivity index (χ4v) is 3.97. The Morgan fingerprint density at radius 3 is 2.72 bits per heavy atom. The molecule has 3 amide bonds. The van der Waals surface area contributed by atoms with E-state index in [1.54, 1.807) is 18.3 Å². The van der Waals surface area contributed by atoms with Crippen molar-refractivity contribution in [1.82, 2.24) is 14.7 Å². The van der Waals surface area contributed by atoms with Crippen molar-refractivity contribution in [1.29, 1.82) is 0 Å². The number of hydrogen-bond donors (Lipinski definition) is 1. The molecule has 2 aliphatic rings. The number of benzene rings is 2. The molecule has 0 spiro atoms. The van der Waals surface area contributed by atoms with Gasteiger partial charge in [0.15, 0.2) is 5.82 Å². The maximum absolute atomic E-state index is 14.4. The third-order valence-electron chi connectivity index (χ3n) is 5.60. The molecule has 1 N–H and O–H groups in total. The normalized spacial score (nSPS) is 17.7. The van der Waals surface area contributed by atoms with Gasteiger partial charge in [0, 0.05) is 30.3 Å². The van der Waals surface area contributed by atoms with Crippen LogP contribution in [-0.4, -0.2) is 51.7 Å². The quantitative estimate of drug-likeness (QED) is 0.623. The van der Waals surface area contributed by atoms with Gasteiger partial charge in [-0.05, 0) is 55.3 Å². The van der Waals surface area contributed by atoms with Crippen LogP contribution in [0.25, 0.3) is 5.69 Å². The lowest BCUT2D eigenvalue weighted by Gasteiger charge is -2.17. The smallest absolute Gasteiger partial charge is 0.261 e. The zero-order valence-corrected chi connectivity index (χ0v) is 17.0. The zero-order chi connectivity index (χ0) is 22.2. The number of hydrogen-bond acceptors (Lipinski definition) is 5. The van der Waals surface area contributed by atoms with Gasteiger partial charge in [0.1, 0.15) is 5.69 Å². The molecular formula is C23H19FN4O4. The lowest BCUT2D eigenvalue weighted by Crippen LogP contribution is -2.36. The molecule has 5 rings (SSSR count). The predicted octanol–water partition coefficient (Wildman–Crippen LogP) is 3.04. The van der Waals surface area contributed by atoms with Gasteiger partial charge in [-0.25, -0.2) is 9.07 Å². The average Bonchev–Trinajstić information content (AvgIpc) is 3.54. The van der Waals surface area contributed by atoms with Crippen LogP contribution in [0.4, 0.5) is 10.1 Å². The highest BCUT2D eigenvalue weighted by Gasteiger charge is 2.38. The van der Waals surface area contributed by atoms with E-state index in [0.717, 1.165) is 12.8 Å². The number of anilines is 1. The average molecular weight is 434 g/mol. The van der Waals surface area contributed by atoms with Gasteiger partial charge in [0.25, 0.3) is 17.7 Å². The SMILES string of the molecule is O=C(Nc1ccc(-n2cccn2)c(F)c1)c1ccc2c(c1)C(=O)N(CC1CCCO1)C2=O. The summed E-state index contributed by atoms with van der Waals surface area (Å²) in [6.45, 7) is 0.831. The third kappa shape index (κ3) is 3.56. The fraction of sp³-hybridized carbons (Fsp3) is 0.217. The van der Waals surface area contributed by atoms with Gasteiger partial charge in [-0.15, -0.1) is 0 Å². The number of fused-ring (bicyclic) bond motifs is 1.